The third-order valence-electron chi connectivity index (χ3n) is 2.02. The number of hydrogen-bond donors (Lipinski definition) is 0. The van der Waals surface area contributed by atoms with Gasteiger partial charge in [0, 0.05) is 6.07 Å². The van der Waals surface area contributed by atoms with E-state index in [-0.39, 0.29) is 5.69 Å². The van der Waals surface area contributed by atoms with Crippen molar-refractivity contribution in [3.8, 4) is 5.75 Å². The van der Waals surface area contributed by atoms with Gasteiger partial charge in [-0.2, -0.15) is 0 Å². The van der Waals surface area contributed by atoms with Crippen molar-refractivity contribution in [1.82, 2.24) is 4.98 Å². The maximum atomic E-state index is 12.8. The Labute approximate surface area is 114 Å². The number of nitrogens with zero attached hydrogens (tertiary/aromatic N) is 1. The van der Waals surface area contributed by atoms with Gasteiger partial charge in [-0.3, -0.25) is 0 Å². The fourth-order valence-corrected chi connectivity index (χ4v) is 1.47. The summed E-state index contributed by atoms with van der Waals surface area (Å²) >= 11 is 5.35. The Balaban J connectivity index is 3.51. The van der Waals surface area contributed by atoms with Crippen molar-refractivity contribution in [3.05, 3.63) is 23.0 Å². The summed E-state index contributed by atoms with van der Waals surface area (Å²) in [5.41, 5.74) is -2.57. The first-order valence-corrected chi connectivity index (χ1v) is 5.45. The van der Waals surface area contributed by atoms with E-state index >= 15 is 0 Å². The number of aromatic nitrogens is 1. The Morgan fingerprint density at radius 2 is 2.05 bits per heavy atom. The second-order valence-corrected chi connectivity index (χ2v) is 3.61. The van der Waals surface area contributed by atoms with Gasteiger partial charge in [0.05, 0.1) is 18.7 Å². The van der Waals surface area contributed by atoms with E-state index in [1.807, 2.05) is 0 Å². The van der Waals surface area contributed by atoms with Crippen LogP contribution in [-0.4, -0.2) is 24.4 Å². The van der Waals surface area contributed by atoms with Crippen LogP contribution in [0.1, 0.15) is 28.2 Å². The zero-order valence-corrected chi connectivity index (χ0v) is 10.6. The van der Waals surface area contributed by atoms with Crippen LogP contribution >= 0.6 is 11.6 Å². The quantitative estimate of drug-likeness (QED) is 0.484. The topological polar surface area (TPSA) is 48.4 Å². The molecule has 1 heterocycles. The van der Waals surface area contributed by atoms with E-state index in [0.29, 0.717) is 6.07 Å². The lowest BCUT2D eigenvalue weighted by Crippen LogP contribution is -2.21. The Kier molecular flexibility index (Phi) is 5.09. The highest BCUT2D eigenvalue weighted by Gasteiger charge is 2.36. The molecule has 0 spiro atoms. The maximum absolute atomic E-state index is 12.8. The lowest BCUT2D eigenvalue weighted by molar-refractivity contribution is -0.274. The molecule has 0 saturated carbocycles. The molecule has 0 radical (unpaired) electrons. The molecule has 1 aromatic rings. The molecule has 112 valence electrons. The van der Waals surface area contributed by atoms with Crippen LogP contribution in [0.3, 0.4) is 0 Å². The highest BCUT2D eigenvalue weighted by Crippen LogP contribution is 2.33. The minimum Gasteiger partial charge on any atom is -0.465 e. The van der Waals surface area contributed by atoms with Crippen LogP contribution in [0.2, 0.25) is 0 Å². The van der Waals surface area contributed by atoms with Crippen LogP contribution in [0.4, 0.5) is 22.0 Å². The van der Waals surface area contributed by atoms with E-state index in [4.69, 9.17) is 11.6 Å². The summed E-state index contributed by atoms with van der Waals surface area (Å²) in [6, 6.07) is 0.651. The van der Waals surface area contributed by atoms with Gasteiger partial charge in [-0.1, -0.05) is 0 Å². The van der Waals surface area contributed by atoms with Gasteiger partial charge in [-0.15, -0.1) is 24.8 Å². The van der Waals surface area contributed by atoms with Gasteiger partial charge >= 0.3 is 12.3 Å². The van der Waals surface area contributed by atoms with E-state index < -0.39 is 41.6 Å². The van der Waals surface area contributed by atoms with Crippen molar-refractivity contribution < 1.29 is 36.2 Å². The predicted molar refractivity (Wildman–Crippen MR) is 56.8 cm³/mol. The average molecular weight is 320 g/mol. The highest BCUT2D eigenvalue weighted by atomic mass is 35.5. The van der Waals surface area contributed by atoms with E-state index in [0.717, 1.165) is 7.11 Å². The molecule has 0 amide bonds. The zero-order valence-electron chi connectivity index (χ0n) is 9.80. The van der Waals surface area contributed by atoms with Crippen LogP contribution in [0.15, 0.2) is 6.07 Å². The van der Waals surface area contributed by atoms with Crippen LogP contribution in [0.25, 0.3) is 0 Å². The highest BCUT2D eigenvalue weighted by molar-refractivity contribution is 6.16. The fraction of sp³-hybridized carbons (Fsp3) is 0.400. The van der Waals surface area contributed by atoms with Crippen molar-refractivity contribution in [3.63, 3.8) is 0 Å². The molecule has 0 aromatic carbocycles. The molecule has 0 fully saturated rings. The Bertz CT molecular complexity index is 506. The number of carbonyl (C=O) groups excluding carboxylic acids is 1. The Morgan fingerprint density at radius 3 is 2.45 bits per heavy atom. The molecule has 20 heavy (non-hydrogen) atoms. The van der Waals surface area contributed by atoms with Gasteiger partial charge in [0.15, 0.2) is 0 Å². The largest absolute Gasteiger partial charge is 0.573 e. The summed E-state index contributed by atoms with van der Waals surface area (Å²) in [5.74, 6) is -2.99. The molecular formula is C10H7ClF5NO3. The van der Waals surface area contributed by atoms with Crippen molar-refractivity contribution in [2.45, 2.75) is 18.7 Å². The molecular weight excluding hydrogens is 313 g/mol. The molecule has 1 rings (SSSR count). The Hall–Kier alpha value is -1.64. The number of halogens is 6. The maximum Gasteiger partial charge on any atom is 0.573 e. The number of pyridine rings is 1. The van der Waals surface area contributed by atoms with E-state index in [9.17, 15) is 26.7 Å². The van der Waals surface area contributed by atoms with Gasteiger partial charge in [0.2, 0.25) is 0 Å². The number of rotatable bonds is 4. The van der Waals surface area contributed by atoms with Crippen molar-refractivity contribution in [2.75, 3.05) is 7.11 Å². The number of methoxy groups -OCH3 is 1. The molecule has 0 atom stereocenters. The normalized spacial score (nSPS) is 11.6. The minimum atomic E-state index is -5.17. The summed E-state index contributed by atoms with van der Waals surface area (Å²) in [7, 11) is 0.824. The molecule has 0 N–H and O–H groups in total. The molecule has 0 aliphatic rings. The third kappa shape index (κ3) is 3.92. The monoisotopic (exact) mass is 319 g/mol. The zero-order chi connectivity index (χ0) is 15.5. The van der Waals surface area contributed by atoms with Gasteiger partial charge in [-0.25, -0.2) is 18.6 Å². The first-order chi connectivity index (χ1) is 9.19. The van der Waals surface area contributed by atoms with E-state index in [1.54, 1.807) is 0 Å². The molecule has 4 nitrogen and oxygen atoms in total. The van der Waals surface area contributed by atoms with Gasteiger partial charge in [0.25, 0.3) is 6.43 Å². The predicted octanol–water partition coefficient (Wildman–Crippen LogP) is 3.44. The van der Waals surface area contributed by atoms with Crippen LogP contribution in [-0.2, 0) is 10.6 Å². The molecule has 0 aliphatic heterocycles. The second-order valence-electron chi connectivity index (χ2n) is 3.35. The van der Waals surface area contributed by atoms with Crippen molar-refractivity contribution >= 4 is 17.6 Å². The number of esters is 1. The molecule has 1 aromatic heterocycles. The molecule has 0 bridgehead atoms. The number of hydrogen-bond acceptors (Lipinski definition) is 4. The molecule has 0 aliphatic carbocycles. The average Bonchev–Trinajstić information content (AvgIpc) is 2.34. The molecule has 0 unspecified atom stereocenters. The Morgan fingerprint density at radius 1 is 1.45 bits per heavy atom. The van der Waals surface area contributed by atoms with Gasteiger partial charge in [-0.05, 0) is 0 Å². The summed E-state index contributed by atoms with van der Waals surface area (Å²) in [6.45, 7) is 0. The molecule has 10 heteroatoms. The summed E-state index contributed by atoms with van der Waals surface area (Å²) in [4.78, 5) is 14.7. The summed E-state index contributed by atoms with van der Waals surface area (Å²) < 4.78 is 70.1. The number of ether oxygens (including phenoxy) is 2. The second kappa shape index (κ2) is 6.21. The number of alkyl halides is 6. The summed E-state index contributed by atoms with van der Waals surface area (Å²) in [6.07, 6.45) is -8.48. The lowest BCUT2D eigenvalue weighted by atomic mass is 10.1. The van der Waals surface area contributed by atoms with E-state index in [2.05, 4.69) is 14.5 Å². The smallest absolute Gasteiger partial charge is 0.465 e. The SMILES string of the molecule is COC(=O)c1c(OC(F)(F)F)cc(CCl)nc1C(F)F. The first-order valence-electron chi connectivity index (χ1n) is 4.91. The first kappa shape index (κ1) is 16.4. The third-order valence-corrected chi connectivity index (χ3v) is 2.30. The van der Waals surface area contributed by atoms with Gasteiger partial charge in [0.1, 0.15) is 17.0 Å². The molecule has 0 saturated heterocycles. The standard InChI is InChI=1S/C10H7ClF5NO3/c1-19-9(18)6-5(20-10(14,15)16)2-4(3-11)17-7(6)8(12)13/h2,8H,3H2,1H3. The lowest BCUT2D eigenvalue weighted by Gasteiger charge is -2.15. The van der Waals surface area contributed by atoms with Crippen molar-refractivity contribution in [2.24, 2.45) is 0 Å². The minimum absolute atomic E-state index is 0.297. The summed E-state index contributed by atoms with van der Waals surface area (Å²) in [5, 5.41) is 0. The number of carbonyl (C=O) groups is 1. The van der Waals surface area contributed by atoms with Crippen LogP contribution in [0.5, 0.6) is 5.75 Å². The van der Waals surface area contributed by atoms with Crippen LogP contribution in [0, 0.1) is 0 Å². The fourth-order valence-electron chi connectivity index (χ4n) is 1.33. The van der Waals surface area contributed by atoms with Gasteiger partial charge < -0.3 is 9.47 Å². The van der Waals surface area contributed by atoms with E-state index in [1.165, 1.54) is 0 Å². The van der Waals surface area contributed by atoms with Crippen LogP contribution < -0.4 is 4.74 Å². The van der Waals surface area contributed by atoms with Crippen molar-refractivity contribution in [1.29, 1.82) is 0 Å².